The highest BCUT2D eigenvalue weighted by atomic mass is 16.1. The van der Waals surface area contributed by atoms with E-state index in [1.807, 2.05) is 0 Å². The Hall–Kier alpha value is -0.620. The Kier molecular flexibility index (Phi) is 2.39. The lowest BCUT2D eigenvalue weighted by atomic mass is 9.69. The molecular weight excluding hydrogens is 150 g/mol. The molecule has 0 bridgehead atoms. The zero-order valence-electron chi connectivity index (χ0n) is 8.18. The Morgan fingerprint density at radius 2 is 1.92 bits per heavy atom. The summed E-state index contributed by atoms with van der Waals surface area (Å²) < 4.78 is 0. The van der Waals surface area contributed by atoms with Crippen LogP contribution in [0.5, 0.6) is 0 Å². The molecule has 1 rings (SSSR count). The number of rotatable bonds is 1. The molecule has 0 amide bonds. The lowest BCUT2D eigenvalue weighted by molar-refractivity contribution is 0.165. The van der Waals surface area contributed by atoms with Gasteiger partial charge in [0.1, 0.15) is 0 Å². The maximum atomic E-state index is 10.2. The van der Waals surface area contributed by atoms with Crippen LogP contribution in [0, 0.1) is 5.41 Å². The van der Waals surface area contributed by atoms with Crippen LogP contribution in [0.4, 0.5) is 0 Å². The fourth-order valence-corrected chi connectivity index (χ4v) is 2.36. The number of aliphatic imine (C=N–C) groups is 1. The summed E-state index contributed by atoms with van der Waals surface area (Å²) in [4.78, 5) is 14.1. The fourth-order valence-electron chi connectivity index (χ4n) is 2.36. The lowest BCUT2D eigenvalue weighted by Crippen LogP contribution is -2.34. The molecule has 1 fully saturated rings. The Labute approximate surface area is 74.1 Å². The highest BCUT2D eigenvalue weighted by Gasteiger charge is 2.36. The second-order valence-corrected chi connectivity index (χ2v) is 4.89. The summed E-state index contributed by atoms with van der Waals surface area (Å²) in [6.45, 7) is 6.54. The van der Waals surface area contributed by atoms with Crippen LogP contribution in [-0.4, -0.2) is 11.6 Å². The van der Waals surface area contributed by atoms with Crippen molar-refractivity contribution in [3.63, 3.8) is 0 Å². The summed E-state index contributed by atoms with van der Waals surface area (Å²) in [5.74, 6) is 0. The van der Waals surface area contributed by atoms with Crippen molar-refractivity contribution in [3.05, 3.63) is 0 Å². The van der Waals surface area contributed by atoms with Crippen LogP contribution in [0.2, 0.25) is 0 Å². The first-order chi connectivity index (χ1) is 5.47. The Bertz CT molecular complexity index is 216. The van der Waals surface area contributed by atoms with Crippen molar-refractivity contribution in [3.8, 4) is 0 Å². The summed E-state index contributed by atoms with van der Waals surface area (Å²) in [6.07, 6.45) is 6.16. The van der Waals surface area contributed by atoms with Crippen molar-refractivity contribution in [2.75, 3.05) is 0 Å². The average Bonchev–Trinajstić information content (AvgIpc) is 1.83. The molecule has 0 N–H and O–H groups in total. The second kappa shape index (κ2) is 3.02. The monoisotopic (exact) mass is 167 g/mol. The molecule has 1 saturated carbocycles. The first-order valence-corrected chi connectivity index (χ1v) is 4.57. The van der Waals surface area contributed by atoms with Gasteiger partial charge in [-0.1, -0.05) is 20.3 Å². The summed E-state index contributed by atoms with van der Waals surface area (Å²) in [7, 11) is 0. The van der Waals surface area contributed by atoms with Crippen LogP contribution in [0.25, 0.3) is 0 Å². The number of hydrogen-bond donors (Lipinski definition) is 0. The van der Waals surface area contributed by atoms with Gasteiger partial charge in [0.15, 0.2) is 0 Å². The van der Waals surface area contributed by atoms with Crippen LogP contribution in [0.1, 0.15) is 46.5 Å². The largest absolute Gasteiger partial charge is 0.235 e. The summed E-state index contributed by atoms with van der Waals surface area (Å²) in [6, 6.07) is 0. The van der Waals surface area contributed by atoms with Gasteiger partial charge in [0, 0.05) is 0 Å². The van der Waals surface area contributed by atoms with E-state index >= 15 is 0 Å². The van der Waals surface area contributed by atoms with Gasteiger partial charge in [0.05, 0.1) is 5.54 Å². The topological polar surface area (TPSA) is 29.4 Å². The number of carbonyl (C=O) groups excluding carboxylic acids is 1. The molecule has 2 nitrogen and oxygen atoms in total. The second-order valence-electron chi connectivity index (χ2n) is 4.89. The molecule has 0 aliphatic heterocycles. The van der Waals surface area contributed by atoms with Crippen LogP contribution in [-0.2, 0) is 4.79 Å². The standard InChI is InChI=1S/C10H17NO/c1-9(2)5-4-6-10(3,7-9)11-8-12/h4-7H2,1-3H3. The third-order valence-corrected chi connectivity index (χ3v) is 2.74. The molecule has 1 unspecified atom stereocenters. The minimum absolute atomic E-state index is 0.135. The molecular formula is C10H17NO. The first kappa shape index (κ1) is 9.47. The van der Waals surface area contributed by atoms with E-state index in [0.717, 1.165) is 12.8 Å². The van der Waals surface area contributed by atoms with Crippen molar-refractivity contribution in [1.82, 2.24) is 0 Å². The molecule has 0 radical (unpaired) electrons. The highest BCUT2D eigenvalue weighted by molar-refractivity contribution is 5.34. The molecule has 12 heavy (non-hydrogen) atoms. The van der Waals surface area contributed by atoms with E-state index in [0.29, 0.717) is 5.41 Å². The normalized spacial score (nSPS) is 33.9. The average molecular weight is 167 g/mol. The molecule has 1 aliphatic rings. The zero-order chi connectivity index (χ0) is 9.24. The molecule has 68 valence electrons. The smallest absolute Gasteiger partial charge is 0.211 e. The van der Waals surface area contributed by atoms with E-state index < -0.39 is 0 Å². The maximum absolute atomic E-state index is 10.2. The fraction of sp³-hybridized carbons (Fsp3) is 0.900. The Morgan fingerprint density at radius 1 is 1.25 bits per heavy atom. The minimum atomic E-state index is -0.135. The van der Waals surface area contributed by atoms with Gasteiger partial charge in [0.25, 0.3) is 0 Å². The summed E-state index contributed by atoms with van der Waals surface area (Å²) >= 11 is 0. The van der Waals surface area contributed by atoms with E-state index in [-0.39, 0.29) is 5.54 Å². The van der Waals surface area contributed by atoms with Gasteiger partial charge >= 0.3 is 0 Å². The number of hydrogen-bond acceptors (Lipinski definition) is 2. The molecule has 0 aromatic rings. The van der Waals surface area contributed by atoms with Crippen LogP contribution in [0.15, 0.2) is 4.99 Å². The van der Waals surface area contributed by atoms with Gasteiger partial charge in [-0.2, -0.15) is 4.99 Å². The number of nitrogens with zero attached hydrogens (tertiary/aromatic N) is 1. The molecule has 2 heteroatoms. The molecule has 0 heterocycles. The van der Waals surface area contributed by atoms with Crippen molar-refractivity contribution >= 4 is 6.08 Å². The lowest BCUT2D eigenvalue weighted by Gasteiger charge is -2.39. The van der Waals surface area contributed by atoms with Gasteiger partial charge in [-0.25, -0.2) is 4.79 Å². The van der Waals surface area contributed by atoms with Crippen molar-refractivity contribution in [2.45, 2.75) is 52.0 Å². The first-order valence-electron chi connectivity index (χ1n) is 4.57. The number of isocyanates is 1. The SMILES string of the molecule is CC1(C)CCCC(C)(N=C=O)C1. The van der Waals surface area contributed by atoms with E-state index in [1.54, 1.807) is 6.08 Å². The van der Waals surface area contributed by atoms with Crippen LogP contribution in [0.3, 0.4) is 0 Å². The molecule has 0 aromatic heterocycles. The van der Waals surface area contributed by atoms with Crippen molar-refractivity contribution < 1.29 is 4.79 Å². The van der Waals surface area contributed by atoms with E-state index in [9.17, 15) is 4.79 Å². The van der Waals surface area contributed by atoms with Crippen LogP contribution >= 0.6 is 0 Å². The third-order valence-electron chi connectivity index (χ3n) is 2.74. The zero-order valence-corrected chi connectivity index (χ0v) is 8.18. The Balaban J connectivity index is 2.74. The third kappa shape index (κ3) is 2.18. The van der Waals surface area contributed by atoms with Gasteiger partial charge in [-0.05, 0) is 31.6 Å². The van der Waals surface area contributed by atoms with E-state index in [1.165, 1.54) is 12.8 Å². The van der Waals surface area contributed by atoms with Gasteiger partial charge in [0.2, 0.25) is 6.08 Å². The molecule has 1 atom stereocenters. The predicted octanol–water partition coefficient (Wildman–Crippen LogP) is 2.68. The molecule has 1 aliphatic carbocycles. The maximum Gasteiger partial charge on any atom is 0.235 e. The van der Waals surface area contributed by atoms with Gasteiger partial charge in [-0.15, -0.1) is 0 Å². The highest BCUT2D eigenvalue weighted by Crippen LogP contribution is 2.42. The van der Waals surface area contributed by atoms with Crippen LogP contribution < -0.4 is 0 Å². The summed E-state index contributed by atoms with van der Waals surface area (Å²) in [5.41, 5.74) is 0.205. The predicted molar refractivity (Wildman–Crippen MR) is 48.8 cm³/mol. The molecule has 0 aromatic carbocycles. The van der Waals surface area contributed by atoms with Gasteiger partial charge in [-0.3, -0.25) is 0 Å². The van der Waals surface area contributed by atoms with Crippen molar-refractivity contribution in [1.29, 1.82) is 0 Å². The van der Waals surface area contributed by atoms with E-state index in [2.05, 4.69) is 25.8 Å². The minimum Gasteiger partial charge on any atom is -0.211 e. The molecule has 0 spiro atoms. The molecule has 0 saturated heterocycles. The summed E-state index contributed by atoms with van der Waals surface area (Å²) in [5, 5.41) is 0. The Morgan fingerprint density at radius 3 is 2.42 bits per heavy atom. The quantitative estimate of drug-likeness (QED) is 0.436. The van der Waals surface area contributed by atoms with Gasteiger partial charge < -0.3 is 0 Å². The van der Waals surface area contributed by atoms with Crippen molar-refractivity contribution in [2.24, 2.45) is 10.4 Å². The van der Waals surface area contributed by atoms with E-state index in [4.69, 9.17) is 0 Å².